The van der Waals surface area contributed by atoms with Gasteiger partial charge in [0.25, 0.3) is 0 Å². The Morgan fingerprint density at radius 3 is 2.92 bits per heavy atom. The van der Waals surface area contributed by atoms with Crippen LogP contribution in [-0.4, -0.2) is 36.5 Å². The maximum Gasteiger partial charge on any atom is 0.324 e. The van der Waals surface area contributed by atoms with E-state index in [1.807, 2.05) is 0 Å². The SMILES string of the molecule is C=COCCN1C(=O)CNC1=O. The summed E-state index contributed by atoms with van der Waals surface area (Å²) >= 11 is 0. The van der Waals surface area contributed by atoms with Gasteiger partial charge in [-0.2, -0.15) is 0 Å². The lowest BCUT2D eigenvalue weighted by atomic mass is 10.5. The Morgan fingerprint density at radius 1 is 1.67 bits per heavy atom. The van der Waals surface area contributed by atoms with Gasteiger partial charge in [-0.25, -0.2) is 4.79 Å². The topological polar surface area (TPSA) is 58.6 Å². The third-order valence-corrected chi connectivity index (χ3v) is 1.49. The molecule has 1 aliphatic rings. The van der Waals surface area contributed by atoms with Crippen LogP contribution in [0.5, 0.6) is 0 Å². The number of urea groups is 1. The lowest BCUT2D eigenvalue weighted by molar-refractivity contribution is -0.125. The maximum absolute atomic E-state index is 10.9. The van der Waals surface area contributed by atoms with Gasteiger partial charge in [0, 0.05) is 0 Å². The van der Waals surface area contributed by atoms with E-state index in [0.717, 1.165) is 4.90 Å². The van der Waals surface area contributed by atoms with Crippen LogP contribution in [0.1, 0.15) is 0 Å². The molecule has 5 heteroatoms. The molecule has 1 aliphatic heterocycles. The van der Waals surface area contributed by atoms with Crippen LogP contribution < -0.4 is 5.32 Å². The van der Waals surface area contributed by atoms with E-state index in [-0.39, 0.29) is 25.0 Å². The first-order chi connectivity index (χ1) is 5.75. The average molecular weight is 170 g/mol. The van der Waals surface area contributed by atoms with E-state index in [0.29, 0.717) is 6.61 Å². The highest BCUT2D eigenvalue weighted by atomic mass is 16.5. The molecule has 1 heterocycles. The molecule has 0 atom stereocenters. The second-order valence-electron chi connectivity index (χ2n) is 2.24. The zero-order valence-corrected chi connectivity index (χ0v) is 6.58. The highest BCUT2D eigenvalue weighted by Gasteiger charge is 2.27. The van der Waals surface area contributed by atoms with Gasteiger partial charge in [-0.1, -0.05) is 6.58 Å². The first-order valence-electron chi connectivity index (χ1n) is 3.56. The summed E-state index contributed by atoms with van der Waals surface area (Å²) in [5, 5.41) is 2.40. The molecular weight excluding hydrogens is 160 g/mol. The minimum absolute atomic E-state index is 0.0902. The van der Waals surface area contributed by atoms with Crippen LogP contribution in [0.2, 0.25) is 0 Å². The monoisotopic (exact) mass is 170 g/mol. The smallest absolute Gasteiger partial charge is 0.324 e. The Kier molecular flexibility index (Phi) is 2.68. The number of imide groups is 1. The van der Waals surface area contributed by atoms with E-state index in [1.54, 1.807) is 0 Å². The number of hydrogen-bond acceptors (Lipinski definition) is 3. The van der Waals surface area contributed by atoms with Crippen LogP contribution in [0, 0.1) is 0 Å². The van der Waals surface area contributed by atoms with E-state index < -0.39 is 0 Å². The first kappa shape index (κ1) is 8.58. The second kappa shape index (κ2) is 3.75. The van der Waals surface area contributed by atoms with Crippen molar-refractivity contribution in [2.24, 2.45) is 0 Å². The Bertz CT molecular complexity index is 199. The molecule has 0 aromatic carbocycles. The minimum atomic E-state index is -0.354. The quantitative estimate of drug-likeness (QED) is 0.358. The molecule has 1 fully saturated rings. The number of hydrogen-bond donors (Lipinski definition) is 1. The van der Waals surface area contributed by atoms with Gasteiger partial charge < -0.3 is 10.1 Å². The highest BCUT2D eigenvalue weighted by molar-refractivity contribution is 6.01. The van der Waals surface area contributed by atoms with Crippen molar-refractivity contribution in [2.45, 2.75) is 0 Å². The third kappa shape index (κ3) is 1.75. The van der Waals surface area contributed by atoms with Crippen LogP contribution in [0.15, 0.2) is 12.8 Å². The molecule has 0 aromatic rings. The summed E-state index contributed by atoms with van der Waals surface area (Å²) in [6.07, 6.45) is 1.28. The molecule has 1 saturated heterocycles. The Hall–Kier alpha value is -1.52. The molecule has 66 valence electrons. The lowest BCUT2D eigenvalue weighted by Crippen LogP contribution is -2.33. The summed E-state index contributed by atoms with van der Waals surface area (Å²) in [5.74, 6) is -0.215. The molecule has 1 rings (SSSR count). The average Bonchev–Trinajstić information content (AvgIpc) is 2.35. The minimum Gasteiger partial charge on any atom is -0.500 e. The van der Waals surface area contributed by atoms with Crippen molar-refractivity contribution in [1.82, 2.24) is 10.2 Å². The Morgan fingerprint density at radius 2 is 2.42 bits per heavy atom. The van der Waals surface area contributed by atoms with E-state index in [1.165, 1.54) is 6.26 Å². The molecule has 1 N–H and O–H groups in total. The van der Waals surface area contributed by atoms with Gasteiger partial charge in [-0.15, -0.1) is 0 Å². The fourth-order valence-electron chi connectivity index (χ4n) is 0.909. The second-order valence-corrected chi connectivity index (χ2v) is 2.24. The molecule has 0 saturated carbocycles. The van der Waals surface area contributed by atoms with Crippen LogP contribution in [0.4, 0.5) is 4.79 Å². The number of carbonyl (C=O) groups excluding carboxylic acids is 2. The molecule has 5 nitrogen and oxygen atoms in total. The maximum atomic E-state index is 10.9. The van der Waals surface area contributed by atoms with Gasteiger partial charge in [0.1, 0.15) is 6.61 Å². The summed E-state index contributed by atoms with van der Waals surface area (Å²) in [4.78, 5) is 22.9. The van der Waals surface area contributed by atoms with Gasteiger partial charge in [-0.05, 0) is 0 Å². The number of nitrogens with one attached hydrogen (secondary N) is 1. The number of carbonyl (C=O) groups is 2. The number of rotatable bonds is 4. The van der Waals surface area contributed by atoms with Crippen molar-refractivity contribution in [3.05, 3.63) is 12.8 Å². The number of ether oxygens (including phenoxy) is 1. The van der Waals surface area contributed by atoms with Crippen molar-refractivity contribution < 1.29 is 14.3 Å². The van der Waals surface area contributed by atoms with E-state index in [2.05, 4.69) is 11.9 Å². The summed E-state index contributed by atoms with van der Waals surface area (Å²) in [5.41, 5.74) is 0. The zero-order valence-electron chi connectivity index (χ0n) is 6.58. The van der Waals surface area contributed by atoms with Crippen molar-refractivity contribution in [1.29, 1.82) is 0 Å². The fraction of sp³-hybridized carbons (Fsp3) is 0.429. The predicted octanol–water partition coefficient (Wildman–Crippen LogP) is -0.302. The standard InChI is InChI=1S/C7H10N2O3/c1-2-12-4-3-9-6(10)5-8-7(9)11/h2H,1,3-5H2,(H,8,11). The Balaban J connectivity index is 2.34. The molecule has 3 amide bonds. The van der Waals surface area contributed by atoms with E-state index >= 15 is 0 Å². The van der Waals surface area contributed by atoms with Gasteiger partial charge in [0.05, 0.1) is 19.4 Å². The van der Waals surface area contributed by atoms with Crippen molar-refractivity contribution in [2.75, 3.05) is 19.7 Å². The fourth-order valence-corrected chi connectivity index (χ4v) is 0.909. The van der Waals surface area contributed by atoms with Crippen molar-refractivity contribution >= 4 is 11.9 Å². The lowest BCUT2D eigenvalue weighted by Gasteiger charge is -2.10. The van der Waals surface area contributed by atoms with Gasteiger partial charge >= 0.3 is 6.03 Å². The van der Waals surface area contributed by atoms with E-state index in [9.17, 15) is 9.59 Å². The first-order valence-corrected chi connectivity index (χ1v) is 3.56. The van der Waals surface area contributed by atoms with Crippen LogP contribution in [-0.2, 0) is 9.53 Å². The summed E-state index contributed by atoms with van der Waals surface area (Å²) in [7, 11) is 0. The molecule has 12 heavy (non-hydrogen) atoms. The van der Waals surface area contributed by atoms with Crippen molar-refractivity contribution in [3.8, 4) is 0 Å². The van der Waals surface area contributed by atoms with Gasteiger partial charge in [-0.3, -0.25) is 9.69 Å². The largest absolute Gasteiger partial charge is 0.500 e. The molecule has 0 aliphatic carbocycles. The predicted molar refractivity (Wildman–Crippen MR) is 41.3 cm³/mol. The summed E-state index contributed by atoms with van der Waals surface area (Å²) < 4.78 is 4.78. The van der Waals surface area contributed by atoms with Crippen LogP contribution in [0.3, 0.4) is 0 Å². The number of nitrogens with zero attached hydrogens (tertiary/aromatic N) is 1. The van der Waals surface area contributed by atoms with Crippen LogP contribution in [0.25, 0.3) is 0 Å². The van der Waals surface area contributed by atoms with Gasteiger partial charge in [0.15, 0.2) is 0 Å². The van der Waals surface area contributed by atoms with Crippen LogP contribution >= 0.6 is 0 Å². The summed E-state index contributed by atoms with van der Waals surface area (Å²) in [6, 6.07) is -0.354. The molecule has 0 aromatic heterocycles. The molecular formula is C7H10N2O3. The molecule has 0 radical (unpaired) electrons. The van der Waals surface area contributed by atoms with E-state index in [4.69, 9.17) is 4.74 Å². The van der Waals surface area contributed by atoms with Gasteiger partial charge in [0.2, 0.25) is 5.91 Å². The summed E-state index contributed by atoms with van der Waals surface area (Å²) in [6.45, 7) is 4.00. The number of amides is 3. The zero-order chi connectivity index (χ0) is 8.97. The third-order valence-electron chi connectivity index (χ3n) is 1.49. The molecule has 0 spiro atoms. The molecule has 0 bridgehead atoms. The highest BCUT2D eigenvalue weighted by Crippen LogP contribution is 1.97. The molecule has 0 unspecified atom stereocenters. The normalized spacial score (nSPS) is 16.2. The Labute approximate surface area is 70.0 Å². The van der Waals surface area contributed by atoms with Crippen molar-refractivity contribution in [3.63, 3.8) is 0 Å².